The predicted molar refractivity (Wildman–Crippen MR) is 182 cm³/mol. The Kier molecular flexibility index (Phi) is 4.81. The molecule has 0 aliphatic heterocycles. The minimum atomic E-state index is 0.760. The Balaban J connectivity index is 1.13. The van der Waals surface area contributed by atoms with Crippen molar-refractivity contribution in [3.8, 4) is 17.2 Å². The molecule has 0 radical (unpaired) electrons. The maximum atomic E-state index is 6.53. The van der Waals surface area contributed by atoms with Crippen molar-refractivity contribution >= 4 is 80.8 Å². The zero-order valence-corrected chi connectivity index (χ0v) is 24.1. The van der Waals surface area contributed by atoms with Crippen LogP contribution in [0.15, 0.2) is 134 Å². The quantitative estimate of drug-likeness (QED) is 0.195. The van der Waals surface area contributed by atoms with Crippen molar-refractivity contribution in [3.63, 3.8) is 0 Å². The molecule has 0 saturated heterocycles. The number of nitrogens with zero attached hydrogens (tertiary/aromatic N) is 4. The van der Waals surface area contributed by atoms with Gasteiger partial charge in [0.2, 0.25) is 0 Å². The molecule has 10 rings (SSSR count). The molecule has 6 heteroatoms. The van der Waals surface area contributed by atoms with Gasteiger partial charge >= 0.3 is 0 Å². The standard InChI is InChI=1S/C38H22N4OS/c1-3-12-33-27(9-1)26-15-14-25(20-32(26)37-40-17-18-41(33)37)43-24-8-5-7-23(19-24)42-34-22-36-31(28-10-2-4-13-35(28)44-36)21-30(34)29-11-6-16-39-38(29)42/h1-22H. The van der Waals surface area contributed by atoms with Crippen molar-refractivity contribution < 1.29 is 4.74 Å². The van der Waals surface area contributed by atoms with Gasteiger partial charge in [0, 0.05) is 66.4 Å². The van der Waals surface area contributed by atoms with E-state index in [1.807, 2.05) is 54.2 Å². The number of pyridine rings is 2. The third-order valence-electron chi connectivity index (χ3n) is 8.66. The summed E-state index contributed by atoms with van der Waals surface area (Å²) < 4.78 is 13.5. The number of benzene rings is 5. The fourth-order valence-electron chi connectivity index (χ4n) is 6.76. The Morgan fingerprint density at radius 1 is 0.500 bits per heavy atom. The molecule has 0 atom stereocenters. The van der Waals surface area contributed by atoms with Gasteiger partial charge in [0.15, 0.2) is 0 Å². The van der Waals surface area contributed by atoms with E-state index in [0.717, 1.165) is 55.7 Å². The van der Waals surface area contributed by atoms with Crippen molar-refractivity contribution in [2.24, 2.45) is 0 Å². The van der Waals surface area contributed by atoms with Crippen molar-refractivity contribution in [1.82, 2.24) is 18.9 Å². The number of fused-ring (bicyclic) bond motifs is 12. The van der Waals surface area contributed by atoms with Crippen molar-refractivity contribution in [2.45, 2.75) is 0 Å². The van der Waals surface area contributed by atoms with E-state index in [-0.39, 0.29) is 0 Å². The van der Waals surface area contributed by atoms with Crippen molar-refractivity contribution in [1.29, 1.82) is 0 Å². The molecule has 0 fully saturated rings. The van der Waals surface area contributed by atoms with E-state index in [0.29, 0.717) is 0 Å². The summed E-state index contributed by atoms with van der Waals surface area (Å²) >= 11 is 1.83. The van der Waals surface area contributed by atoms with E-state index < -0.39 is 0 Å². The molecule has 0 spiro atoms. The highest BCUT2D eigenvalue weighted by molar-refractivity contribution is 7.25. The number of imidazole rings is 1. The smallest absolute Gasteiger partial charge is 0.145 e. The highest BCUT2D eigenvalue weighted by Crippen LogP contribution is 2.41. The summed E-state index contributed by atoms with van der Waals surface area (Å²) in [6, 6.07) is 40.4. The maximum Gasteiger partial charge on any atom is 0.145 e. The first-order valence-corrected chi connectivity index (χ1v) is 15.4. The summed E-state index contributed by atoms with van der Waals surface area (Å²) in [7, 11) is 0. The largest absolute Gasteiger partial charge is 0.457 e. The van der Waals surface area contributed by atoms with Gasteiger partial charge in [-0.1, -0.05) is 42.5 Å². The number of para-hydroxylation sites is 1. The van der Waals surface area contributed by atoms with Gasteiger partial charge in [-0.25, -0.2) is 9.97 Å². The highest BCUT2D eigenvalue weighted by Gasteiger charge is 2.17. The van der Waals surface area contributed by atoms with Gasteiger partial charge in [0.1, 0.15) is 22.8 Å². The molecule has 0 amide bonds. The summed E-state index contributed by atoms with van der Waals surface area (Å²) in [5.41, 5.74) is 5.13. The van der Waals surface area contributed by atoms with Crippen LogP contribution in [0.5, 0.6) is 11.5 Å². The fourth-order valence-corrected chi connectivity index (χ4v) is 7.88. The van der Waals surface area contributed by atoms with E-state index in [9.17, 15) is 0 Å². The van der Waals surface area contributed by atoms with Crippen molar-refractivity contribution in [2.75, 3.05) is 0 Å². The number of aromatic nitrogens is 4. The van der Waals surface area contributed by atoms with Crippen LogP contribution in [0.25, 0.3) is 75.1 Å². The number of rotatable bonds is 3. The van der Waals surface area contributed by atoms with Crippen LogP contribution in [0.4, 0.5) is 0 Å². The Bertz CT molecular complexity index is 2770. The van der Waals surface area contributed by atoms with Crippen LogP contribution >= 0.6 is 11.3 Å². The van der Waals surface area contributed by atoms with E-state index in [1.165, 1.54) is 30.9 Å². The molecule has 44 heavy (non-hydrogen) atoms. The Hall–Kier alpha value is -5.72. The molecule has 10 aromatic rings. The first kappa shape index (κ1) is 23.8. The van der Waals surface area contributed by atoms with Crippen LogP contribution in [0.3, 0.4) is 0 Å². The van der Waals surface area contributed by atoms with Crippen molar-refractivity contribution in [3.05, 3.63) is 134 Å². The van der Waals surface area contributed by atoms with Gasteiger partial charge in [0.05, 0.1) is 16.7 Å². The zero-order chi connectivity index (χ0) is 28.8. The number of hydrogen-bond donors (Lipinski definition) is 0. The van der Waals surface area contributed by atoms with Crippen LogP contribution in [0.1, 0.15) is 0 Å². The highest BCUT2D eigenvalue weighted by atomic mass is 32.1. The van der Waals surface area contributed by atoms with Gasteiger partial charge in [-0.15, -0.1) is 11.3 Å². The van der Waals surface area contributed by atoms with E-state index in [4.69, 9.17) is 9.72 Å². The average Bonchev–Trinajstić information content (AvgIpc) is 3.78. The lowest BCUT2D eigenvalue weighted by molar-refractivity contribution is 0.483. The Morgan fingerprint density at radius 3 is 2.32 bits per heavy atom. The number of ether oxygens (including phenoxy) is 1. The second-order valence-corrected chi connectivity index (χ2v) is 12.2. The molecule has 0 saturated carbocycles. The molecule has 0 N–H and O–H groups in total. The first-order chi connectivity index (χ1) is 21.8. The van der Waals surface area contributed by atoms with E-state index in [2.05, 4.69) is 105 Å². The monoisotopic (exact) mass is 582 g/mol. The van der Waals surface area contributed by atoms with E-state index in [1.54, 1.807) is 0 Å². The predicted octanol–water partition coefficient (Wildman–Crippen LogP) is 10.3. The molecular formula is C38H22N4OS. The fraction of sp³-hybridized carbons (Fsp3) is 0. The molecule has 0 bridgehead atoms. The third-order valence-corrected chi connectivity index (χ3v) is 9.80. The molecule has 0 aliphatic rings. The van der Waals surface area contributed by atoms with Gasteiger partial charge in [-0.05, 0) is 72.1 Å². The summed E-state index contributed by atoms with van der Waals surface area (Å²) in [5, 5.41) is 8.32. The first-order valence-electron chi connectivity index (χ1n) is 14.6. The molecule has 0 unspecified atom stereocenters. The maximum absolute atomic E-state index is 6.53. The second-order valence-electron chi connectivity index (χ2n) is 11.1. The molecule has 0 aliphatic carbocycles. The van der Waals surface area contributed by atoms with Gasteiger partial charge in [-0.2, -0.15) is 0 Å². The van der Waals surface area contributed by atoms with E-state index >= 15 is 0 Å². The zero-order valence-electron chi connectivity index (χ0n) is 23.3. The molecule has 206 valence electrons. The van der Waals surface area contributed by atoms with Crippen LogP contribution in [0, 0.1) is 0 Å². The minimum absolute atomic E-state index is 0.760. The number of thiophene rings is 1. The molecule has 5 aromatic heterocycles. The summed E-state index contributed by atoms with van der Waals surface area (Å²) in [6.07, 6.45) is 5.73. The molecular weight excluding hydrogens is 561 g/mol. The normalized spacial score (nSPS) is 12.1. The van der Waals surface area contributed by atoms with Crippen LogP contribution in [0.2, 0.25) is 0 Å². The average molecular weight is 583 g/mol. The lowest BCUT2D eigenvalue weighted by Crippen LogP contribution is -1.96. The topological polar surface area (TPSA) is 44.4 Å². The summed E-state index contributed by atoms with van der Waals surface area (Å²) in [4.78, 5) is 9.53. The summed E-state index contributed by atoms with van der Waals surface area (Å²) in [5.74, 6) is 1.53. The summed E-state index contributed by atoms with van der Waals surface area (Å²) in [6.45, 7) is 0. The molecule has 5 aromatic carbocycles. The number of hydrogen-bond acceptors (Lipinski definition) is 4. The SMILES string of the molecule is c1cc(Oc2ccc3c4ccccc4n4ccnc4c3c2)cc(-n2c3cc4sc5ccccc5c4cc3c3cccnc32)c1. The van der Waals surface area contributed by atoms with Crippen LogP contribution < -0.4 is 4.74 Å². The Labute approximate surface area is 254 Å². The molecule has 5 heterocycles. The minimum Gasteiger partial charge on any atom is -0.457 e. The lowest BCUT2D eigenvalue weighted by Gasteiger charge is -2.12. The van der Waals surface area contributed by atoms with Gasteiger partial charge in [-0.3, -0.25) is 8.97 Å². The van der Waals surface area contributed by atoms with Gasteiger partial charge in [0.25, 0.3) is 0 Å². The van der Waals surface area contributed by atoms with Crippen LogP contribution in [-0.2, 0) is 0 Å². The lowest BCUT2D eigenvalue weighted by atomic mass is 10.1. The Morgan fingerprint density at radius 2 is 1.34 bits per heavy atom. The third kappa shape index (κ3) is 3.34. The second kappa shape index (κ2) is 8.89. The van der Waals surface area contributed by atoms with Gasteiger partial charge < -0.3 is 4.74 Å². The van der Waals surface area contributed by atoms with Crippen LogP contribution in [-0.4, -0.2) is 18.9 Å². The molecule has 5 nitrogen and oxygen atoms in total.